The maximum atomic E-state index is 13.2. The Labute approximate surface area is 128 Å². The summed E-state index contributed by atoms with van der Waals surface area (Å²) >= 11 is 0. The number of nitrogens with one attached hydrogen (secondary N) is 1. The first-order valence-corrected chi connectivity index (χ1v) is 7.10. The topological polar surface area (TPSA) is 42.7 Å². The van der Waals surface area contributed by atoms with E-state index >= 15 is 0 Å². The summed E-state index contributed by atoms with van der Waals surface area (Å²) < 4.78 is 15.0. The Morgan fingerprint density at radius 1 is 1.14 bits per heavy atom. The molecule has 0 unspecified atom stereocenters. The molecule has 5 heteroatoms. The summed E-state index contributed by atoms with van der Waals surface area (Å²) in [6.07, 6.45) is 5.51. The van der Waals surface area contributed by atoms with E-state index in [9.17, 15) is 4.39 Å². The molecule has 1 N–H and O–H groups in total. The van der Waals surface area contributed by atoms with Crippen molar-refractivity contribution < 1.29 is 4.39 Å². The highest BCUT2D eigenvalue weighted by Crippen LogP contribution is 2.20. The first-order valence-electron chi connectivity index (χ1n) is 7.10. The molecular weight excluding hydrogens is 279 g/mol. The Balaban J connectivity index is 1.71. The summed E-state index contributed by atoms with van der Waals surface area (Å²) in [7, 11) is 1.90. The van der Waals surface area contributed by atoms with Gasteiger partial charge in [-0.2, -0.15) is 5.10 Å². The fraction of sp³-hybridized carbons (Fsp3) is 0.176. The van der Waals surface area contributed by atoms with Crippen molar-refractivity contribution >= 4 is 0 Å². The lowest BCUT2D eigenvalue weighted by atomic mass is 10.1. The van der Waals surface area contributed by atoms with Crippen LogP contribution < -0.4 is 5.32 Å². The molecular formula is C17H17FN4. The van der Waals surface area contributed by atoms with E-state index in [1.165, 1.54) is 6.07 Å². The highest BCUT2D eigenvalue weighted by atomic mass is 19.1. The average molecular weight is 296 g/mol. The van der Waals surface area contributed by atoms with Crippen molar-refractivity contribution in [3.63, 3.8) is 0 Å². The lowest BCUT2D eigenvalue weighted by molar-refractivity contribution is 0.620. The number of benzene rings is 1. The molecule has 0 aliphatic carbocycles. The predicted molar refractivity (Wildman–Crippen MR) is 83.4 cm³/mol. The summed E-state index contributed by atoms with van der Waals surface area (Å²) in [6.45, 7) is 1.28. The summed E-state index contributed by atoms with van der Waals surface area (Å²) in [5.74, 6) is -0.210. The van der Waals surface area contributed by atoms with Gasteiger partial charge in [0.1, 0.15) is 5.82 Å². The fourth-order valence-electron chi connectivity index (χ4n) is 2.41. The van der Waals surface area contributed by atoms with E-state index in [4.69, 9.17) is 0 Å². The van der Waals surface area contributed by atoms with E-state index in [1.807, 2.05) is 31.4 Å². The van der Waals surface area contributed by atoms with Gasteiger partial charge in [0.05, 0.1) is 5.69 Å². The number of rotatable bonds is 5. The van der Waals surface area contributed by atoms with Crippen LogP contribution in [0.4, 0.5) is 4.39 Å². The van der Waals surface area contributed by atoms with Crippen LogP contribution in [0.5, 0.6) is 0 Å². The average Bonchev–Trinajstić information content (AvgIpc) is 2.89. The molecule has 0 fully saturated rings. The van der Waals surface area contributed by atoms with Crippen LogP contribution in [0.1, 0.15) is 11.1 Å². The smallest absolute Gasteiger partial charge is 0.123 e. The van der Waals surface area contributed by atoms with Gasteiger partial charge in [-0.3, -0.25) is 9.67 Å². The van der Waals surface area contributed by atoms with E-state index in [2.05, 4.69) is 15.4 Å². The van der Waals surface area contributed by atoms with Crippen molar-refractivity contribution in [3.8, 4) is 11.3 Å². The van der Waals surface area contributed by atoms with Crippen molar-refractivity contribution in [1.29, 1.82) is 0 Å². The number of hydrogen-bond acceptors (Lipinski definition) is 3. The molecule has 2 heterocycles. The maximum absolute atomic E-state index is 13.2. The Kier molecular flexibility index (Phi) is 4.25. The predicted octanol–water partition coefficient (Wildman–Crippen LogP) is 2.91. The molecule has 1 aromatic carbocycles. The third-order valence-corrected chi connectivity index (χ3v) is 3.39. The van der Waals surface area contributed by atoms with Gasteiger partial charge >= 0.3 is 0 Å². The zero-order chi connectivity index (χ0) is 15.4. The van der Waals surface area contributed by atoms with Crippen molar-refractivity contribution in [3.05, 3.63) is 71.9 Å². The minimum absolute atomic E-state index is 0.210. The lowest BCUT2D eigenvalue weighted by Gasteiger charge is -2.05. The standard InChI is InChI=1S/C17H17FN4/c1-22-12-15(17(21-22)14-5-7-19-8-6-14)11-20-10-13-3-2-4-16(18)9-13/h2-9,12,20H,10-11H2,1H3. The monoisotopic (exact) mass is 296 g/mol. The largest absolute Gasteiger partial charge is 0.308 e. The van der Waals surface area contributed by atoms with Crippen molar-refractivity contribution in [2.24, 2.45) is 7.05 Å². The van der Waals surface area contributed by atoms with Gasteiger partial charge in [-0.15, -0.1) is 0 Å². The molecule has 0 saturated heterocycles. The lowest BCUT2D eigenvalue weighted by Crippen LogP contribution is -2.13. The molecule has 3 rings (SSSR count). The Morgan fingerprint density at radius 2 is 1.95 bits per heavy atom. The number of halogens is 1. The van der Waals surface area contributed by atoms with Crippen LogP contribution in [0.2, 0.25) is 0 Å². The second-order valence-electron chi connectivity index (χ2n) is 5.15. The number of pyridine rings is 1. The van der Waals surface area contributed by atoms with Crippen LogP contribution in [0.15, 0.2) is 55.0 Å². The van der Waals surface area contributed by atoms with Crippen LogP contribution in [0.3, 0.4) is 0 Å². The van der Waals surface area contributed by atoms with Crippen LogP contribution in [-0.2, 0) is 20.1 Å². The van der Waals surface area contributed by atoms with Gasteiger partial charge in [-0.05, 0) is 29.8 Å². The molecule has 0 radical (unpaired) electrons. The molecule has 4 nitrogen and oxygen atoms in total. The zero-order valence-corrected chi connectivity index (χ0v) is 12.3. The maximum Gasteiger partial charge on any atom is 0.123 e. The van der Waals surface area contributed by atoms with Crippen molar-refractivity contribution in [2.75, 3.05) is 0 Å². The van der Waals surface area contributed by atoms with E-state index in [0.29, 0.717) is 13.1 Å². The van der Waals surface area contributed by atoms with Crippen LogP contribution in [0.25, 0.3) is 11.3 Å². The summed E-state index contributed by atoms with van der Waals surface area (Å²) in [5, 5.41) is 7.84. The fourth-order valence-corrected chi connectivity index (χ4v) is 2.41. The van der Waals surface area contributed by atoms with E-state index in [1.54, 1.807) is 29.2 Å². The zero-order valence-electron chi connectivity index (χ0n) is 12.3. The molecule has 0 aliphatic rings. The third kappa shape index (κ3) is 3.38. The Hall–Kier alpha value is -2.53. The quantitative estimate of drug-likeness (QED) is 0.787. The first-order chi connectivity index (χ1) is 10.7. The third-order valence-electron chi connectivity index (χ3n) is 3.39. The number of hydrogen-bond donors (Lipinski definition) is 1. The van der Waals surface area contributed by atoms with Gasteiger partial charge in [0.2, 0.25) is 0 Å². The molecule has 0 saturated carbocycles. The SMILES string of the molecule is Cn1cc(CNCc2cccc(F)c2)c(-c2ccncc2)n1. The summed E-state index contributed by atoms with van der Waals surface area (Å²) in [6, 6.07) is 10.5. The van der Waals surface area contributed by atoms with Crippen molar-refractivity contribution in [1.82, 2.24) is 20.1 Å². The molecule has 3 aromatic rings. The van der Waals surface area contributed by atoms with Crippen LogP contribution >= 0.6 is 0 Å². The molecule has 0 bridgehead atoms. The second-order valence-corrected chi connectivity index (χ2v) is 5.15. The van der Waals surface area contributed by atoms with Gasteiger partial charge in [0, 0.05) is 49.9 Å². The molecule has 0 amide bonds. The first kappa shape index (κ1) is 14.4. The molecule has 112 valence electrons. The second kappa shape index (κ2) is 6.49. The van der Waals surface area contributed by atoms with Gasteiger partial charge in [0.25, 0.3) is 0 Å². The molecule has 22 heavy (non-hydrogen) atoms. The highest BCUT2D eigenvalue weighted by Gasteiger charge is 2.09. The van der Waals surface area contributed by atoms with Gasteiger partial charge in [0.15, 0.2) is 0 Å². The molecule has 0 aliphatic heterocycles. The molecule has 2 aromatic heterocycles. The number of nitrogens with zero attached hydrogens (tertiary/aromatic N) is 3. The Morgan fingerprint density at radius 3 is 2.73 bits per heavy atom. The number of aryl methyl sites for hydroxylation is 1. The minimum atomic E-state index is -0.210. The molecule has 0 atom stereocenters. The van der Waals surface area contributed by atoms with E-state index in [0.717, 1.165) is 22.4 Å². The van der Waals surface area contributed by atoms with Gasteiger partial charge in [-0.25, -0.2) is 4.39 Å². The van der Waals surface area contributed by atoms with Gasteiger partial charge < -0.3 is 5.32 Å². The van der Waals surface area contributed by atoms with Gasteiger partial charge in [-0.1, -0.05) is 12.1 Å². The normalized spacial score (nSPS) is 10.8. The highest BCUT2D eigenvalue weighted by molar-refractivity contribution is 5.61. The van der Waals surface area contributed by atoms with E-state index in [-0.39, 0.29) is 5.82 Å². The minimum Gasteiger partial charge on any atom is -0.308 e. The summed E-state index contributed by atoms with van der Waals surface area (Å²) in [5.41, 5.74) is 4.01. The van der Waals surface area contributed by atoms with E-state index < -0.39 is 0 Å². The van der Waals surface area contributed by atoms with Crippen LogP contribution in [-0.4, -0.2) is 14.8 Å². The summed E-state index contributed by atoms with van der Waals surface area (Å²) in [4.78, 5) is 4.03. The number of aromatic nitrogens is 3. The van der Waals surface area contributed by atoms with Crippen LogP contribution in [0, 0.1) is 5.82 Å². The molecule has 0 spiro atoms. The Bertz CT molecular complexity index is 752. The van der Waals surface area contributed by atoms with Crippen molar-refractivity contribution in [2.45, 2.75) is 13.1 Å².